The molecule has 0 atom stereocenters. The highest BCUT2D eigenvalue weighted by atomic mass is 35.5. The topological polar surface area (TPSA) is 124 Å². The highest BCUT2D eigenvalue weighted by molar-refractivity contribution is 6.28. The number of nitrogens with two attached hydrogens (primary N) is 1. The van der Waals surface area contributed by atoms with E-state index in [1.807, 2.05) is 0 Å². The van der Waals surface area contributed by atoms with Crippen LogP contribution in [0, 0.1) is 17.0 Å². The summed E-state index contributed by atoms with van der Waals surface area (Å²) in [6.07, 6.45) is 0.986. The first-order valence-corrected chi connectivity index (χ1v) is 6.11. The van der Waals surface area contributed by atoms with Crippen molar-refractivity contribution in [1.29, 1.82) is 0 Å². The highest BCUT2D eigenvalue weighted by Gasteiger charge is 2.20. The summed E-state index contributed by atoms with van der Waals surface area (Å²) in [6, 6.07) is 4.89. The molecule has 0 saturated heterocycles. The number of hydrogen-bond donors (Lipinski definition) is 2. The van der Waals surface area contributed by atoms with Gasteiger partial charge >= 0.3 is 5.69 Å². The lowest BCUT2D eigenvalue weighted by Crippen LogP contribution is -2.14. The Kier molecular flexibility index (Phi) is 3.99. The fourth-order valence-corrected chi connectivity index (χ4v) is 1.87. The van der Waals surface area contributed by atoms with Crippen LogP contribution in [0.2, 0.25) is 5.28 Å². The van der Waals surface area contributed by atoms with Crippen molar-refractivity contribution in [2.45, 2.75) is 6.92 Å². The Morgan fingerprint density at radius 1 is 1.48 bits per heavy atom. The maximum Gasteiger partial charge on any atom is 0.329 e. The van der Waals surface area contributed by atoms with Crippen molar-refractivity contribution in [1.82, 2.24) is 9.97 Å². The SMILES string of the molecule is Cc1cccc(C(N)=O)c1Nc1nc(Cl)ncc1[N+](=O)[O-]. The Bertz CT molecular complexity index is 735. The van der Waals surface area contributed by atoms with Gasteiger partial charge in [0.1, 0.15) is 6.20 Å². The zero-order chi connectivity index (χ0) is 15.6. The molecule has 0 aliphatic rings. The molecule has 0 aliphatic heterocycles. The molecule has 0 aliphatic carbocycles. The number of benzene rings is 1. The molecule has 2 aromatic rings. The van der Waals surface area contributed by atoms with Crippen LogP contribution in [0.15, 0.2) is 24.4 Å². The largest absolute Gasteiger partial charge is 0.366 e. The Balaban J connectivity index is 2.55. The van der Waals surface area contributed by atoms with Gasteiger partial charge in [-0.2, -0.15) is 4.98 Å². The molecule has 0 saturated carbocycles. The molecular weight excluding hydrogens is 298 g/mol. The van der Waals surface area contributed by atoms with Crippen LogP contribution in [0.1, 0.15) is 15.9 Å². The zero-order valence-electron chi connectivity index (χ0n) is 10.8. The minimum Gasteiger partial charge on any atom is -0.366 e. The molecule has 21 heavy (non-hydrogen) atoms. The number of nitrogens with one attached hydrogen (secondary N) is 1. The summed E-state index contributed by atoms with van der Waals surface area (Å²) < 4.78 is 0. The second-order valence-corrected chi connectivity index (χ2v) is 4.45. The second kappa shape index (κ2) is 5.71. The molecule has 0 radical (unpaired) electrons. The molecule has 0 spiro atoms. The van der Waals surface area contributed by atoms with Crippen LogP contribution in [-0.4, -0.2) is 20.8 Å². The number of carbonyl (C=O) groups excluding carboxylic acids is 1. The first-order chi connectivity index (χ1) is 9.90. The second-order valence-electron chi connectivity index (χ2n) is 4.12. The van der Waals surface area contributed by atoms with Crippen molar-refractivity contribution in [3.05, 3.63) is 50.9 Å². The number of carbonyl (C=O) groups is 1. The van der Waals surface area contributed by atoms with Gasteiger partial charge in [-0.05, 0) is 30.2 Å². The number of halogens is 1. The molecule has 3 N–H and O–H groups in total. The maximum absolute atomic E-state index is 11.4. The molecule has 0 bridgehead atoms. The Hall–Kier alpha value is -2.74. The molecule has 9 heteroatoms. The van der Waals surface area contributed by atoms with E-state index in [4.69, 9.17) is 17.3 Å². The molecule has 1 aromatic heterocycles. The average Bonchev–Trinajstić information content (AvgIpc) is 2.40. The summed E-state index contributed by atoms with van der Waals surface area (Å²) in [4.78, 5) is 29.1. The number of anilines is 2. The summed E-state index contributed by atoms with van der Waals surface area (Å²) in [5.74, 6) is -0.777. The maximum atomic E-state index is 11.4. The molecule has 2 rings (SSSR count). The first kappa shape index (κ1) is 14.7. The fourth-order valence-electron chi connectivity index (χ4n) is 1.74. The third-order valence-corrected chi connectivity index (χ3v) is 2.90. The van der Waals surface area contributed by atoms with Crippen molar-refractivity contribution in [3.63, 3.8) is 0 Å². The van der Waals surface area contributed by atoms with Gasteiger partial charge in [0.05, 0.1) is 16.2 Å². The van der Waals surface area contributed by atoms with Crippen molar-refractivity contribution in [3.8, 4) is 0 Å². The lowest BCUT2D eigenvalue weighted by molar-refractivity contribution is -0.384. The lowest BCUT2D eigenvalue weighted by atomic mass is 10.1. The normalized spacial score (nSPS) is 10.2. The predicted octanol–water partition coefficient (Wildman–Crippen LogP) is 2.19. The number of nitro groups is 1. The monoisotopic (exact) mass is 307 g/mol. The molecule has 0 fully saturated rings. The van der Waals surface area contributed by atoms with Crippen LogP contribution in [0.25, 0.3) is 0 Å². The van der Waals surface area contributed by atoms with Gasteiger partial charge < -0.3 is 11.1 Å². The molecule has 1 aromatic carbocycles. The fraction of sp³-hybridized carbons (Fsp3) is 0.0833. The molecule has 108 valence electrons. The third kappa shape index (κ3) is 3.06. The van der Waals surface area contributed by atoms with Gasteiger partial charge in [-0.15, -0.1) is 0 Å². The summed E-state index contributed by atoms with van der Waals surface area (Å²) in [5, 5.41) is 13.6. The van der Waals surface area contributed by atoms with E-state index < -0.39 is 10.8 Å². The minimum atomic E-state index is -0.663. The molecular formula is C12H10ClN5O3. The zero-order valence-corrected chi connectivity index (χ0v) is 11.6. The van der Waals surface area contributed by atoms with Gasteiger partial charge in [-0.25, -0.2) is 4.98 Å². The summed E-state index contributed by atoms with van der Waals surface area (Å²) in [5.41, 5.74) is 6.14. The Labute approximate surface area is 124 Å². The molecule has 8 nitrogen and oxygen atoms in total. The van der Waals surface area contributed by atoms with Crippen LogP contribution in [-0.2, 0) is 0 Å². The first-order valence-electron chi connectivity index (χ1n) is 5.73. The van der Waals surface area contributed by atoms with E-state index in [0.29, 0.717) is 11.3 Å². The number of aryl methyl sites for hydroxylation is 1. The van der Waals surface area contributed by atoms with Gasteiger partial charge in [0, 0.05) is 0 Å². The van der Waals surface area contributed by atoms with E-state index in [1.54, 1.807) is 19.1 Å². The van der Waals surface area contributed by atoms with E-state index in [-0.39, 0.29) is 22.4 Å². The van der Waals surface area contributed by atoms with Crippen LogP contribution in [0.3, 0.4) is 0 Å². The molecule has 1 amide bonds. The number of para-hydroxylation sites is 1. The van der Waals surface area contributed by atoms with E-state index in [9.17, 15) is 14.9 Å². The Morgan fingerprint density at radius 3 is 2.81 bits per heavy atom. The van der Waals surface area contributed by atoms with Gasteiger partial charge in [0.2, 0.25) is 11.1 Å². The summed E-state index contributed by atoms with van der Waals surface area (Å²) >= 11 is 5.65. The van der Waals surface area contributed by atoms with Gasteiger partial charge in [-0.3, -0.25) is 14.9 Å². The van der Waals surface area contributed by atoms with Crippen LogP contribution < -0.4 is 11.1 Å². The van der Waals surface area contributed by atoms with Crippen molar-refractivity contribution in [2.24, 2.45) is 5.73 Å². The molecule has 0 unspecified atom stereocenters. The highest BCUT2D eigenvalue weighted by Crippen LogP contribution is 2.29. The molecule has 1 heterocycles. The number of amides is 1. The van der Waals surface area contributed by atoms with Gasteiger partial charge in [0.15, 0.2) is 0 Å². The van der Waals surface area contributed by atoms with E-state index in [2.05, 4.69) is 15.3 Å². The number of aromatic nitrogens is 2. The number of rotatable bonds is 4. The predicted molar refractivity (Wildman–Crippen MR) is 76.7 cm³/mol. The minimum absolute atomic E-state index is 0.114. The quantitative estimate of drug-likeness (QED) is 0.507. The third-order valence-electron chi connectivity index (χ3n) is 2.72. The number of nitrogens with zero attached hydrogens (tertiary/aromatic N) is 3. The van der Waals surface area contributed by atoms with Gasteiger partial charge in [0.25, 0.3) is 5.91 Å². The van der Waals surface area contributed by atoms with E-state index in [0.717, 1.165) is 6.20 Å². The lowest BCUT2D eigenvalue weighted by Gasteiger charge is -2.12. The number of hydrogen-bond acceptors (Lipinski definition) is 6. The summed E-state index contributed by atoms with van der Waals surface area (Å²) in [6.45, 7) is 1.73. The van der Waals surface area contributed by atoms with Crippen molar-refractivity contribution < 1.29 is 9.72 Å². The van der Waals surface area contributed by atoms with Crippen LogP contribution >= 0.6 is 11.6 Å². The van der Waals surface area contributed by atoms with E-state index in [1.165, 1.54) is 6.07 Å². The average molecular weight is 308 g/mol. The summed E-state index contributed by atoms with van der Waals surface area (Å²) in [7, 11) is 0. The Morgan fingerprint density at radius 2 is 2.19 bits per heavy atom. The number of primary amides is 1. The smallest absolute Gasteiger partial charge is 0.329 e. The van der Waals surface area contributed by atoms with Gasteiger partial charge in [-0.1, -0.05) is 12.1 Å². The van der Waals surface area contributed by atoms with E-state index >= 15 is 0 Å². The van der Waals surface area contributed by atoms with Crippen molar-refractivity contribution in [2.75, 3.05) is 5.32 Å². The van der Waals surface area contributed by atoms with Crippen molar-refractivity contribution >= 4 is 34.7 Å². The van der Waals surface area contributed by atoms with Crippen LogP contribution in [0.4, 0.5) is 17.2 Å². The van der Waals surface area contributed by atoms with Crippen LogP contribution in [0.5, 0.6) is 0 Å². The standard InChI is InChI=1S/C12H10ClN5O3/c1-6-3-2-4-7(10(14)19)9(6)16-11-8(18(20)21)5-15-12(13)17-11/h2-5H,1H3,(H2,14,19)(H,15,16,17).